The van der Waals surface area contributed by atoms with Gasteiger partial charge in [0.2, 0.25) is 0 Å². The second-order valence-corrected chi connectivity index (χ2v) is 7.50. The monoisotopic (exact) mass is 287 g/mol. The molecule has 0 saturated heterocycles. The Morgan fingerprint density at radius 1 is 1.14 bits per heavy atom. The molecule has 2 N–H and O–H groups in total. The minimum Gasteiger partial charge on any atom is -0.398 e. The zero-order valence-corrected chi connectivity index (χ0v) is 13.8. The summed E-state index contributed by atoms with van der Waals surface area (Å²) in [6, 6.07) is 5.95. The molecular weight excluding hydrogens is 262 g/mol. The number of anilines is 1. The number of benzene rings is 1. The number of para-hydroxylation sites is 1. The van der Waals surface area contributed by atoms with Crippen LogP contribution in [0.1, 0.15) is 46.6 Å². The Kier molecular flexibility index (Phi) is 3.78. The summed E-state index contributed by atoms with van der Waals surface area (Å²) in [6.45, 7) is 13.0. The minimum atomic E-state index is -0.187. The van der Waals surface area contributed by atoms with Gasteiger partial charge < -0.3 is 5.73 Å². The minimum absolute atomic E-state index is 0.185. The molecule has 114 valence electrons. The van der Waals surface area contributed by atoms with Crippen molar-refractivity contribution in [1.82, 2.24) is 20.2 Å². The topological polar surface area (TPSA) is 69.6 Å². The van der Waals surface area contributed by atoms with Gasteiger partial charge in [0.15, 0.2) is 5.82 Å². The highest BCUT2D eigenvalue weighted by Crippen LogP contribution is 2.35. The molecule has 1 aromatic carbocycles. The van der Waals surface area contributed by atoms with Crippen LogP contribution >= 0.6 is 0 Å². The summed E-state index contributed by atoms with van der Waals surface area (Å²) in [6.07, 6.45) is 0.962. The first-order valence-electron chi connectivity index (χ1n) is 7.26. The highest BCUT2D eigenvalue weighted by atomic mass is 15.6. The number of tetrazole rings is 1. The molecule has 0 aliphatic heterocycles. The Balaban J connectivity index is 2.50. The molecule has 0 spiro atoms. The highest BCUT2D eigenvalue weighted by Gasteiger charge is 2.31. The number of hydrogen-bond acceptors (Lipinski definition) is 4. The maximum atomic E-state index is 6.20. The van der Waals surface area contributed by atoms with Crippen molar-refractivity contribution >= 4 is 5.69 Å². The van der Waals surface area contributed by atoms with Crippen LogP contribution in [0.5, 0.6) is 0 Å². The third-order valence-electron chi connectivity index (χ3n) is 3.57. The van der Waals surface area contributed by atoms with E-state index in [0.717, 1.165) is 29.1 Å². The van der Waals surface area contributed by atoms with Crippen LogP contribution in [0.15, 0.2) is 18.2 Å². The lowest BCUT2D eigenvalue weighted by atomic mass is 9.82. The van der Waals surface area contributed by atoms with Crippen molar-refractivity contribution in [1.29, 1.82) is 0 Å². The predicted molar refractivity (Wildman–Crippen MR) is 85.8 cm³/mol. The SMILES string of the molecule is Cc1cccc(-c2nnnn2C(C)(C)CC(C)(C)C)c1N. The number of nitrogens with two attached hydrogens (primary N) is 1. The molecule has 0 fully saturated rings. The molecule has 0 unspecified atom stereocenters. The normalized spacial score (nSPS) is 12.7. The van der Waals surface area contributed by atoms with E-state index in [9.17, 15) is 0 Å². The Morgan fingerprint density at radius 3 is 2.43 bits per heavy atom. The molecule has 2 rings (SSSR count). The molecule has 1 aromatic heterocycles. The number of nitrogen functional groups attached to an aromatic ring is 1. The van der Waals surface area contributed by atoms with Crippen LogP contribution in [-0.2, 0) is 5.54 Å². The number of aryl methyl sites for hydroxylation is 1. The lowest BCUT2D eigenvalue weighted by molar-refractivity contribution is 0.197. The summed E-state index contributed by atoms with van der Waals surface area (Å²) >= 11 is 0. The fourth-order valence-electron chi connectivity index (χ4n) is 3.01. The number of aromatic nitrogens is 4. The molecule has 0 saturated carbocycles. The van der Waals surface area contributed by atoms with Crippen molar-refractivity contribution in [3.63, 3.8) is 0 Å². The van der Waals surface area contributed by atoms with Crippen LogP contribution in [0.25, 0.3) is 11.4 Å². The number of nitrogens with zero attached hydrogens (tertiary/aromatic N) is 4. The molecule has 0 aliphatic rings. The fourth-order valence-corrected chi connectivity index (χ4v) is 3.01. The smallest absolute Gasteiger partial charge is 0.184 e. The van der Waals surface area contributed by atoms with Gasteiger partial charge in [-0.15, -0.1) is 5.10 Å². The molecule has 0 aliphatic carbocycles. The van der Waals surface area contributed by atoms with E-state index < -0.39 is 0 Å². The summed E-state index contributed by atoms with van der Waals surface area (Å²) in [7, 11) is 0. The van der Waals surface area contributed by atoms with Crippen LogP contribution in [-0.4, -0.2) is 20.2 Å². The van der Waals surface area contributed by atoms with Gasteiger partial charge in [-0.1, -0.05) is 32.9 Å². The maximum absolute atomic E-state index is 6.20. The second-order valence-electron chi connectivity index (χ2n) is 7.50. The van der Waals surface area contributed by atoms with E-state index in [-0.39, 0.29) is 11.0 Å². The first kappa shape index (κ1) is 15.5. The van der Waals surface area contributed by atoms with Crippen LogP contribution in [0.4, 0.5) is 5.69 Å². The first-order chi connectivity index (χ1) is 9.62. The van der Waals surface area contributed by atoms with Gasteiger partial charge in [0, 0.05) is 11.3 Å². The number of rotatable bonds is 3. The average molecular weight is 287 g/mol. The third-order valence-corrected chi connectivity index (χ3v) is 3.57. The van der Waals surface area contributed by atoms with Crippen molar-refractivity contribution in [2.75, 3.05) is 5.73 Å². The third kappa shape index (κ3) is 3.23. The molecule has 0 atom stereocenters. The average Bonchev–Trinajstić information content (AvgIpc) is 2.79. The van der Waals surface area contributed by atoms with Gasteiger partial charge in [0.1, 0.15) is 0 Å². The zero-order valence-electron chi connectivity index (χ0n) is 13.8. The molecular formula is C16H25N5. The van der Waals surface area contributed by atoms with Crippen LogP contribution < -0.4 is 5.73 Å². The summed E-state index contributed by atoms with van der Waals surface area (Å²) in [5, 5.41) is 12.3. The largest absolute Gasteiger partial charge is 0.398 e. The zero-order chi connectivity index (χ0) is 15.8. The van der Waals surface area contributed by atoms with E-state index in [4.69, 9.17) is 5.73 Å². The molecule has 0 bridgehead atoms. The standard InChI is InChI=1S/C16H25N5/c1-11-8-7-9-12(13(11)17)14-18-19-20-21(14)16(5,6)10-15(2,3)4/h7-9H,10,17H2,1-6H3. The summed E-state index contributed by atoms with van der Waals surface area (Å²) < 4.78 is 1.89. The molecule has 21 heavy (non-hydrogen) atoms. The van der Waals surface area contributed by atoms with Gasteiger partial charge in [-0.3, -0.25) is 0 Å². The predicted octanol–water partition coefficient (Wildman–Crippen LogP) is 3.40. The van der Waals surface area contributed by atoms with Crippen molar-refractivity contribution in [2.24, 2.45) is 5.41 Å². The lowest BCUT2D eigenvalue weighted by Crippen LogP contribution is -2.33. The van der Waals surface area contributed by atoms with Gasteiger partial charge in [0.25, 0.3) is 0 Å². The Bertz CT molecular complexity index is 634. The molecule has 0 amide bonds. The van der Waals surface area contributed by atoms with Crippen molar-refractivity contribution < 1.29 is 0 Å². The van der Waals surface area contributed by atoms with E-state index in [2.05, 4.69) is 50.1 Å². The quantitative estimate of drug-likeness (QED) is 0.878. The van der Waals surface area contributed by atoms with Gasteiger partial charge in [-0.2, -0.15) is 0 Å². The van der Waals surface area contributed by atoms with Crippen LogP contribution in [0.3, 0.4) is 0 Å². The Labute approximate surface area is 126 Å². The summed E-state index contributed by atoms with van der Waals surface area (Å²) in [5.74, 6) is 0.727. The maximum Gasteiger partial charge on any atom is 0.184 e. The lowest BCUT2D eigenvalue weighted by Gasteiger charge is -2.33. The second kappa shape index (κ2) is 5.13. The van der Waals surface area contributed by atoms with E-state index in [1.54, 1.807) is 0 Å². The van der Waals surface area contributed by atoms with Gasteiger partial charge in [-0.05, 0) is 54.7 Å². The van der Waals surface area contributed by atoms with Crippen LogP contribution in [0, 0.1) is 12.3 Å². The Morgan fingerprint density at radius 2 is 1.81 bits per heavy atom. The van der Waals surface area contributed by atoms with Crippen molar-refractivity contribution in [3.05, 3.63) is 23.8 Å². The molecule has 5 nitrogen and oxygen atoms in total. The summed E-state index contributed by atoms with van der Waals surface area (Å²) in [4.78, 5) is 0. The fraction of sp³-hybridized carbons (Fsp3) is 0.562. The Hall–Kier alpha value is -1.91. The molecule has 2 aromatic rings. The molecule has 0 radical (unpaired) electrons. The van der Waals surface area contributed by atoms with Gasteiger partial charge in [-0.25, -0.2) is 4.68 Å². The van der Waals surface area contributed by atoms with Gasteiger partial charge in [0.05, 0.1) is 5.54 Å². The van der Waals surface area contributed by atoms with E-state index in [1.807, 2.05) is 29.8 Å². The molecule has 1 heterocycles. The molecule has 5 heteroatoms. The summed E-state index contributed by atoms with van der Waals surface area (Å²) in [5.41, 5.74) is 8.87. The van der Waals surface area contributed by atoms with E-state index in [1.165, 1.54) is 0 Å². The van der Waals surface area contributed by atoms with E-state index >= 15 is 0 Å². The van der Waals surface area contributed by atoms with Crippen molar-refractivity contribution in [2.45, 2.75) is 53.5 Å². The van der Waals surface area contributed by atoms with Crippen molar-refractivity contribution in [3.8, 4) is 11.4 Å². The first-order valence-corrected chi connectivity index (χ1v) is 7.26. The van der Waals surface area contributed by atoms with Gasteiger partial charge >= 0.3 is 0 Å². The number of hydrogen-bond donors (Lipinski definition) is 1. The van der Waals surface area contributed by atoms with E-state index in [0.29, 0.717) is 0 Å². The highest BCUT2D eigenvalue weighted by molar-refractivity contribution is 5.74. The van der Waals surface area contributed by atoms with Crippen LogP contribution in [0.2, 0.25) is 0 Å².